The number of ether oxygens (including phenoxy) is 1. The molecule has 2 aliphatic heterocycles. The molecule has 6 rings (SSSR count). The number of imidazole rings is 1. The molecule has 220 valence electrons. The Morgan fingerprint density at radius 3 is 2.63 bits per heavy atom. The molecule has 1 amide bonds. The number of piperidine rings is 1. The number of β-amino-alcohol motifs (C(OH)–C–C–N with tert-alkyl or cyclic N) is 1. The largest absolute Gasteiger partial charge is 0.480 e. The van der Waals surface area contributed by atoms with Crippen LogP contribution in [0.2, 0.25) is 5.02 Å². The SMILES string of the molecule is COc1nc(N2CCC[C@H](O)C2)ncc1-c1nc2c(n1C(C)C)C(c1ccc(C#N)cc1)N(c1cccc(Cl)c1F)C2=O. The zero-order chi connectivity index (χ0) is 30.4. The van der Waals surface area contributed by atoms with Gasteiger partial charge in [-0.15, -0.1) is 0 Å². The molecule has 0 bridgehead atoms. The number of aliphatic hydroxyl groups is 1. The van der Waals surface area contributed by atoms with Crippen LogP contribution in [-0.4, -0.2) is 56.8 Å². The number of aromatic nitrogens is 4. The summed E-state index contributed by atoms with van der Waals surface area (Å²) >= 11 is 6.14. The predicted octanol–water partition coefficient (Wildman–Crippen LogP) is 5.30. The minimum atomic E-state index is -0.770. The van der Waals surface area contributed by atoms with Crippen molar-refractivity contribution in [3.63, 3.8) is 0 Å². The van der Waals surface area contributed by atoms with Gasteiger partial charge < -0.3 is 19.3 Å². The van der Waals surface area contributed by atoms with E-state index >= 15 is 4.39 Å². The number of hydrogen-bond donors (Lipinski definition) is 1. The molecule has 4 aromatic rings. The summed E-state index contributed by atoms with van der Waals surface area (Å²) in [4.78, 5) is 31.4. The van der Waals surface area contributed by atoms with Gasteiger partial charge in [-0.1, -0.05) is 29.8 Å². The van der Waals surface area contributed by atoms with Crippen LogP contribution in [0.1, 0.15) is 66.1 Å². The molecule has 2 aromatic heterocycles. The highest BCUT2D eigenvalue weighted by molar-refractivity contribution is 6.31. The predicted molar refractivity (Wildman–Crippen MR) is 159 cm³/mol. The topological polar surface area (TPSA) is 120 Å². The first-order valence-corrected chi connectivity index (χ1v) is 14.3. The van der Waals surface area contributed by atoms with Crippen LogP contribution in [0.3, 0.4) is 0 Å². The number of benzene rings is 2. The number of halogens is 2. The van der Waals surface area contributed by atoms with Gasteiger partial charge in [-0.2, -0.15) is 10.2 Å². The molecule has 2 atom stereocenters. The highest BCUT2D eigenvalue weighted by atomic mass is 35.5. The van der Waals surface area contributed by atoms with Crippen molar-refractivity contribution >= 4 is 29.1 Å². The molecule has 0 aliphatic carbocycles. The van der Waals surface area contributed by atoms with Crippen molar-refractivity contribution in [2.75, 3.05) is 30.0 Å². The number of amides is 1. The van der Waals surface area contributed by atoms with E-state index in [1.54, 1.807) is 36.5 Å². The molecule has 0 saturated carbocycles. The lowest BCUT2D eigenvalue weighted by atomic mass is 10.0. The number of carbonyl (C=O) groups excluding carboxylic acids is 1. The number of nitrogens with zero attached hydrogens (tertiary/aromatic N) is 7. The van der Waals surface area contributed by atoms with Crippen LogP contribution < -0.4 is 14.5 Å². The molecule has 1 saturated heterocycles. The quantitative estimate of drug-likeness (QED) is 0.316. The number of nitriles is 1. The van der Waals surface area contributed by atoms with Crippen molar-refractivity contribution in [1.29, 1.82) is 5.26 Å². The number of anilines is 2. The number of rotatable bonds is 6. The normalized spacial score (nSPS) is 18.2. The van der Waals surface area contributed by atoms with Gasteiger partial charge in [0.1, 0.15) is 11.9 Å². The summed E-state index contributed by atoms with van der Waals surface area (Å²) in [6, 6.07) is 12.5. The molecular formula is C31H29ClFN7O3. The fourth-order valence-electron chi connectivity index (χ4n) is 5.86. The summed E-state index contributed by atoms with van der Waals surface area (Å²) in [6.45, 7) is 5.07. The molecule has 2 aromatic carbocycles. The summed E-state index contributed by atoms with van der Waals surface area (Å²) in [5.41, 5.74) is 2.35. The van der Waals surface area contributed by atoms with Crippen molar-refractivity contribution < 1.29 is 19.0 Å². The fourth-order valence-corrected chi connectivity index (χ4v) is 6.03. The minimum Gasteiger partial charge on any atom is -0.480 e. The zero-order valence-electron chi connectivity index (χ0n) is 23.8. The average Bonchev–Trinajstić information content (AvgIpc) is 3.53. The van der Waals surface area contributed by atoms with Gasteiger partial charge in [0, 0.05) is 25.3 Å². The maximum atomic E-state index is 15.4. The fraction of sp³-hybridized carbons (Fsp3) is 0.323. The maximum absolute atomic E-state index is 15.4. The third-order valence-corrected chi connectivity index (χ3v) is 8.10. The van der Waals surface area contributed by atoms with Crippen molar-refractivity contribution in [1.82, 2.24) is 19.5 Å². The van der Waals surface area contributed by atoms with Gasteiger partial charge in [0.15, 0.2) is 11.5 Å². The lowest BCUT2D eigenvalue weighted by Gasteiger charge is -2.30. The van der Waals surface area contributed by atoms with Gasteiger partial charge in [-0.25, -0.2) is 14.4 Å². The van der Waals surface area contributed by atoms with Crippen LogP contribution >= 0.6 is 11.6 Å². The standard InChI is InChI=1S/C31H29ClFN7O3/c1-17(2)39-27-25(36-28(39)21-15-35-31(37-29(21)43-3)38-13-5-6-20(41)16-38)30(42)40(23-8-4-7-22(32)24(23)33)26(27)19-11-9-18(14-34)10-12-19/h4,7-12,15,17,20,26,41H,5-6,13,16H2,1-3H3/t20-,26?/m0/s1. The van der Waals surface area contributed by atoms with E-state index in [1.165, 1.54) is 24.1 Å². The maximum Gasteiger partial charge on any atom is 0.279 e. The summed E-state index contributed by atoms with van der Waals surface area (Å²) in [6.07, 6.45) is 2.71. The monoisotopic (exact) mass is 601 g/mol. The Bertz CT molecular complexity index is 1750. The van der Waals surface area contributed by atoms with Crippen molar-refractivity contribution in [2.24, 2.45) is 0 Å². The lowest BCUT2D eigenvalue weighted by molar-refractivity contribution is 0.0988. The van der Waals surface area contributed by atoms with Crippen LogP contribution in [-0.2, 0) is 0 Å². The number of aliphatic hydroxyl groups excluding tert-OH is 1. The number of hydrogen-bond acceptors (Lipinski definition) is 8. The summed E-state index contributed by atoms with van der Waals surface area (Å²) in [7, 11) is 1.51. The van der Waals surface area contributed by atoms with Crippen molar-refractivity contribution in [3.8, 4) is 23.3 Å². The summed E-state index contributed by atoms with van der Waals surface area (Å²) < 4.78 is 23.0. The van der Waals surface area contributed by atoms with Crippen molar-refractivity contribution in [2.45, 2.75) is 44.9 Å². The first-order chi connectivity index (χ1) is 20.7. The molecule has 4 heterocycles. The van der Waals surface area contributed by atoms with E-state index in [2.05, 4.69) is 16.0 Å². The van der Waals surface area contributed by atoms with E-state index in [0.29, 0.717) is 47.2 Å². The smallest absolute Gasteiger partial charge is 0.279 e. The molecule has 1 fully saturated rings. The second-order valence-corrected chi connectivity index (χ2v) is 11.3. The molecule has 43 heavy (non-hydrogen) atoms. The Kier molecular flexibility index (Phi) is 7.50. The van der Waals surface area contributed by atoms with E-state index in [4.69, 9.17) is 21.3 Å². The average molecular weight is 602 g/mol. The molecule has 1 unspecified atom stereocenters. The van der Waals surface area contributed by atoms with Crippen LogP contribution in [0, 0.1) is 17.1 Å². The first-order valence-electron chi connectivity index (χ1n) is 14.0. The van der Waals surface area contributed by atoms with Crippen molar-refractivity contribution in [3.05, 3.63) is 82.0 Å². The van der Waals surface area contributed by atoms with E-state index in [9.17, 15) is 15.2 Å². The molecule has 12 heteroatoms. The third kappa shape index (κ3) is 4.86. The van der Waals surface area contributed by atoms with Crippen LogP contribution in [0.25, 0.3) is 11.4 Å². The van der Waals surface area contributed by atoms with Gasteiger partial charge in [-0.05, 0) is 56.5 Å². The Morgan fingerprint density at radius 2 is 1.95 bits per heavy atom. The van der Waals surface area contributed by atoms with Gasteiger partial charge >= 0.3 is 0 Å². The molecule has 0 spiro atoms. The second kappa shape index (κ2) is 11.3. The zero-order valence-corrected chi connectivity index (χ0v) is 24.6. The van der Waals surface area contributed by atoms with E-state index in [1.807, 2.05) is 23.3 Å². The Balaban J connectivity index is 1.53. The van der Waals surface area contributed by atoms with Crippen LogP contribution in [0.5, 0.6) is 5.88 Å². The molecule has 10 nitrogen and oxygen atoms in total. The van der Waals surface area contributed by atoms with Crippen LogP contribution in [0.15, 0.2) is 48.7 Å². The highest BCUT2D eigenvalue weighted by Gasteiger charge is 2.46. The highest BCUT2D eigenvalue weighted by Crippen LogP contribution is 2.46. The van der Waals surface area contributed by atoms with Gasteiger partial charge in [0.2, 0.25) is 11.8 Å². The van der Waals surface area contributed by atoms with Crippen LogP contribution in [0.4, 0.5) is 16.0 Å². The number of fused-ring (bicyclic) bond motifs is 1. The van der Waals surface area contributed by atoms with E-state index in [-0.39, 0.29) is 28.3 Å². The molecule has 2 aliphatic rings. The van der Waals surface area contributed by atoms with E-state index < -0.39 is 23.9 Å². The lowest BCUT2D eigenvalue weighted by Crippen LogP contribution is -2.39. The third-order valence-electron chi connectivity index (χ3n) is 7.80. The van der Waals surface area contributed by atoms with Gasteiger partial charge in [0.25, 0.3) is 5.91 Å². The minimum absolute atomic E-state index is 0.0238. The molecular weight excluding hydrogens is 573 g/mol. The van der Waals surface area contributed by atoms with Gasteiger partial charge in [0.05, 0.1) is 46.8 Å². The molecule has 0 radical (unpaired) electrons. The Labute approximate surface area is 252 Å². The Morgan fingerprint density at radius 1 is 1.19 bits per heavy atom. The van der Waals surface area contributed by atoms with Gasteiger partial charge in [-0.3, -0.25) is 9.69 Å². The summed E-state index contributed by atoms with van der Waals surface area (Å²) in [5, 5.41) is 19.4. The molecule has 1 N–H and O–H groups in total. The first kappa shape index (κ1) is 28.6. The summed E-state index contributed by atoms with van der Waals surface area (Å²) in [5.74, 6) is -0.0733. The number of methoxy groups -OCH3 is 1. The Hall–Kier alpha value is -4.53. The van der Waals surface area contributed by atoms with E-state index in [0.717, 1.165) is 12.8 Å². The second-order valence-electron chi connectivity index (χ2n) is 10.9. The number of carbonyl (C=O) groups is 1.